The van der Waals surface area contributed by atoms with E-state index in [-0.39, 0.29) is 18.3 Å². The lowest BCUT2D eigenvalue weighted by Gasteiger charge is -2.24. The number of amides is 1. The number of carbonyl (C=O) groups excluding carboxylic acids is 1. The number of ether oxygens (including phenoxy) is 2. The molecular formula is C27H23ClN4O4S. The van der Waals surface area contributed by atoms with Gasteiger partial charge in [-0.1, -0.05) is 23.4 Å². The molecule has 0 saturated heterocycles. The molecule has 2 aromatic carbocycles. The maximum Gasteiger partial charge on any atom is 0.234 e. The average Bonchev–Trinajstić information content (AvgIpc) is 2.92. The van der Waals surface area contributed by atoms with Gasteiger partial charge in [-0.3, -0.25) is 9.78 Å². The number of nitrogens with zero attached hydrogens (tertiary/aromatic N) is 3. The lowest BCUT2D eigenvalue weighted by Crippen LogP contribution is -2.16. The summed E-state index contributed by atoms with van der Waals surface area (Å²) < 4.78 is 11.4. The van der Waals surface area contributed by atoms with Gasteiger partial charge >= 0.3 is 0 Å². The number of hydrogen-bond acceptors (Lipinski definition) is 8. The van der Waals surface area contributed by atoms with Crippen molar-refractivity contribution >= 4 is 35.0 Å². The third-order valence-electron chi connectivity index (χ3n) is 5.87. The van der Waals surface area contributed by atoms with Gasteiger partial charge in [-0.2, -0.15) is 4.98 Å². The minimum absolute atomic E-state index is 0.130. The van der Waals surface area contributed by atoms with Gasteiger partial charge in [0.2, 0.25) is 11.8 Å². The van der Waals surface area contributed by atoms with Crippen LogP contribution in [0.4, 0.5) is 5.69 Å². The van der Waals surface area contributed by atoms with Crippen molar-refractivity contribution in [3.63, 3.8) is 0 Å². The van der Waals surface area contributed by atoms with Crippen LogP contribution in [0.1, 0.15) is 22.4 Å². The Balaban J connectivity index is 1.46. The molecule has 0 spiro atoms. The number of carbonyl (C=O) groups is 1. The van der Waals surface area contributed by atoms with E-state index in [1.54, 1.807) is 49.7 Å². The minimum Gasteiger partial charge on any atom is -0.497 e. The fourth-order valence-corrected chi connectivity index (χ4v) is 4.90. The van der Waals surface area contributed by atoms with Crippen LogP contribution in [0.25, 0.3) is 11.4 Å². The number of hydrogen-bond donors (Lipinski definition) is 2. The second-order valence-electron chi connectivity index (χ2n) is 8.32. The van der Waals surface area contributed by atoms with Crippen LogP contribution in [0, 0.1) is 6.92 Å². The van der Waals surface area contributed by atoms with Crippen LogP contribution in [-0.2, 0) is 17.8 Å². The summed E-state index contributed by atoms with van der Waals surface area (Å²) in [5.41, 5.74) is 4.43. The average molecular weight is 535 g/mol. The van der Waals surface area contributed by atoms with Gasteiger partial charge in [0.25, 0.3) is 0 Å². The molecule has 0 radical (unpaired) electrons. The first-order chi connectivity index (χ1) is 17.9. The van der Waals surface area contributed by atoms with E-state index in [4.69, 9.17) is 26.1 Å². The van der Waals surface area contributed by atoms with Crippen molar-refractivity contribution in [2.75, 3.05) is 18.2 Å². The first kappa shape index (κ1) is 25.0. The zero-order valence-electron chi connectivity index (χ0n) is 20.1. The summed E-state index contributed by atoms with van der Waals surface area (Å²) in [6.07, 6.45) is 2.10. The predicted octanol–water partition coefficient (Wildman–Crippen LogP) is 5.43. The van der Waals surface area contributed by atoms with Gasteiger partial charge in [-0.15, -0.1) is 0 Å². The van der Waals surface area contributed by atoms with Crippen molar-refractivity contribution in [2.24, 2.45) is 0 Å². The molecule has 188 valence electrons. The molecule has 0 unspecified atom stereocenters. The summed E-state index contributed by atoms with van der Waals surface area (Å²) in [5.74, 6) is 2.12. The Bertz CT molecular complexity index is 1460. The molecule has 0 saturated carbocycles. The Labute approximate surface area is 223 Å². The maximum atomic E-state index is 12.8. The first-order valence-electron chi connectivity index (χ1n) is 11.4. The van der Waals surface area contributed by atoms with Crippen LogP contribution in [0.3, 0.4) is 0 Å². The molecule has 10 heteroatoms. The van der Waals surface area contributed by atoms with Crippen LogP contribution in [0.15, 0.2) is 59.8 Å². The fourth-order valence-electron chi connectivity index (χ4n) is 3.95. The standard InChI is InChI=1S/C27H23ClN4O4S/c1-15-24-21(17(13-33)12-29-15)11-22-26(36-24)31-25(16-3-5-18(28)6-4-16)32-27(22)37-14-23(34)30-19-7-9-20(35-2)10-8-19/h3-10,12,33H,11,13-14H2,1-2H3,(H,30,34). The monoisotopic (exact) mass is 534 g/mol. The van der Waals surface area contributed by atoms with E-state index in [0.29, 0.717) is 56.6 Å². The molecule has 8 nitrogen and oxygen atoms in total. The Morgan fingerprint density at radius 2 is 1.89 bits per heavy atom. The number of benzene rings is 2. The smallest absolute Gasteiger partial charge is 0.234 e. The van der Waals surface area contributed by atoms with E-state index in [9.17, 15) is 9.90 Å². The van der Waals surface area contributed by atoms with E-state index < -0.39 is 0 Å². The summed E-state index contributed by atoms with van der Waals surface area (Å²) in [6.45, 7) is 1.69. The minimum atomic E-state index is -0.177. The quantitative estimate of drug-likeness (QED) is 0.210. The lowest BCUT2D eigenvalue weighted by atomic mass is 9.99. The highest BCUT2D eigenvalue weighted by atomic mass is 35.5. The number of thioether (sulfide) groups is 1. The number of aliphatic hydroxyl groups excluding tert-OH is 1. The second-order valence-corrected chi connectivity index (χ2v) is 9.72. The van der Waals surface area contributed by atoms with E-state index >= 15 is 0 Å². The van der Waals surface area contributed by atoms with E-state index in [2.05, 4.69) is 15.3 Å². The molecule has 4 aromatic rings. The molecule has 1 aliphatic heterocycles. The Morgan fingerprint density at radius 3 is 2.59 bits per heavy atom. The third-order valence-corrected chi connectivity index (χ3v) is 7.14. The summed E-state index contributed by atoms with van der Waals surface area (Å²) in [7, 11) is 1.59. The lowest BCUT2D eigenvalue weighted by molar-refractivity contribution is -0.113. The number of anilines is 1. The number of methoxy groups -OCH3 is 1. The van der Waals surface area contributed by atoms with Gasteiger partial charge < -0.3 is 19.9 Å². The van der Waals surface area contributed by atoms with Crippen molar-refractivity contribution in [1.29, 1.82) is 0 Å². The SMILES string of the molecule is COc1ccc(NC(=O)CSc2nc(-c3ccc(Cl)cc3)nc3c2Cc2c(CO)cnc(C)c2O3)cc1. The Hall–Kier alpha value is -3.66. The number of nitrogens with one attached hydrogen (secondary N) is 1. The zero-order valence-corrected chi connectivity index (χ0v) is 21.7. The van der Waals surface area contributed by atoms with Gasteiger partial charge in [0.05, 0.1) is 30.7 Å². The molecule has 5 rings (SSSR count). The number of halogens is 1. The highest BCUT2D eigenvalue weighted by molar-refractivity contribution is 8.00. The van der Waals surface area contributed by atoms with Gasteiger partial charge in [0, 0.05) is 40.0 Å². The van der Waals surface area contributed by atoms with Gasteiger partial charge in [-0.05, 0) is 55.5 Å². The van der Waals surface area contributed by atoms with Gasteiger partial charge in [0.15, 0.2) is 11.6 Å². The van der Waals surface area contributed by atoms with Crippen molar-refractivity contribution in [1.82, 2.24) is 15.0 Å². The molecular weight excluding hydrogens is 512 g/mol. The number of pyridine rings is 1. The van der Waals surface area contributed by atoms with E-state index in [1.165, 1.54) is 11.8 Å². The second kappa shape index (κ2) is 10.8. The normalized spacial score (nSPS) is 11.8. The van der Waals surface area contributed by atoms with Crippen LogP contribution >= 0.6 is 23.4 Å². The highest BCUT2D eigenvalue weighted by Gasteiger charge is 2.28. The number of fused-ring (bicyclic) bond motifs is 2. The number of aryl methyl sites for hydroxylation is 1. The largest absolute Gasteiger partial charge is 0.497 e. The summed E-state index contributed by atoms with van der Waals surface area (Å²) in [4.78, 5) is 26.6. The molecule has 3 heterocycles. The number of aromatic nitrogens is 3. The van der Waals surface area contributed by atoms with Gasteiger partial charge in [0.1, 0.15) is 10.8 Å². The molecule has 0 aliphatic carbocycles. The molecule has 37 heavy (non-hydrogen) atoms. The maximum absolute atomic E-state index is 12.8. The highest BCUT2D eigenvalue weighted by Crippen LogP contribution is 2.42. The third kappa shape index (κ3) is 5.39. The molecule has 2 aromatic heterocycles. The topological polar surface area (TPSA) is 106 Å². The van der Waals surface area contributed by atoms with Crippen LogP contribution in [-0.4, -0.2) is 38.8 Å². The summed E-state index contributed by atoms with van der Waals surface area (Å²) in [5, 5.41) is 14.0. The van der Waals surface area contributed by atoms with Crippen molar-refractivity contribution in [2.45, 2.75) is 25.0 Å². The summed E-state index contributed by atoms with van der Waals surface area (Å²) in [6, 6.07) is 14.3. The van der Waals surface area contributed by atoms with Crippen molar-refractivity contribution in [3.05, 3.63) is 82.1 Å². The molecule has 0 atom stereocenters. The molecule has 1 amide bonds. The van der Waals surface area contributed by atoms with Crippen LogP contribution in [0.2, 0.25) is 5.02 Å². The van der Waals surface area contributed by atoms with Gasteiger partial charge in [-0.25, -0.2) is 4.98 Å². The van der Waals surface area contributed by atoms with Crippen LogP contribution in [0.5, 0.6) is 17.4 Å². The fraction of sp³-hybridized carbons (Fsp3) is 0.185. The van der Waals surface area contributed by atoms with Crippen molar-refractivity contribution < 1.29 is 19.4 Å². The van der Waals surface area contributed by atoms with E-state index in [0.717, 1.165) is 16.7 Å². The molecule has 0 bridgehead atoms. The first-order valence-corrected chi connectivity index (χ1v) is 12.8. The molecule has 1 aliphatic rings. The van der Waals surface area contributed by atoms with E-state index in [1.807, 2.05) is 19.1 Å². The molecule has 0 fully saturated rings. The Kier molecular flexibility index (Phi) is 7.27. The molecule has 2 N–H and O–H groups in total. The predicted molar refractivity (Wildman–Crippen MR) is 143 cm³/mol. The summed E-state index contributed by atoms with van der Waals surface area (Å²) >= 11 is 7.37. The number of rotatable bonds is 7. The zero-order chi connectivity index (χ0) is 25.9. The Morgan fingerprint density at radius 1 is 1.14 bits per heavy atom. The van der Waals surface area contributed by atoms with Crippen molar-refractivity contribution in [3.8, 4) is 28.8 Å². The number of aliphatic hydroxyl groups is 1. The van der Waals surface area contributed by atoms with Crippen LogP contribution < -0.4 is 14.8 Å².